The fourth-order valence-electron chi connectivity index (χ4n) is 1.99. The smallest absolute Gasteiger partial charge is 0.0688 e. The standard InChI is InChI=1S/C16H18N2/c1-12-6-5-7-13(2)16(12)18-11-15-9-4-3-8-14(15)10-17/h3-9,11H,10,17H2,1-2H3. The van der Waals surface area contributed by atoms with Gasteiger partial charge >= 0.3 is 0 Å². The van der Waals surface area contributed by atoms with Crippen LogP contribution >= 0.6 is 0 Å². The molecule has 0 unspecified atom stereocenters. The number of aliphatic imine (C=N–C) groups is 1. The number of hydrogen-bond donors (Lipinski definition) is 1. The predicted molar refractivity (Wildman–Crippen MR) is 77.5 cm³/mol. The minimum absolute atomic E-state index is 0.537. The molecule has 2 heteroatoms. The average Bonchev–Trinajstić information content (AvgIpc) is 2.38. The normalized spacial score (nSPS) is 11.1. The van der Waals surface area contributed by atoms with E-state index in [0.717, 1.165) is 16.8 Å². The van der Waals surface area contributed by atoms with Crippen molar-refractivity contribution in [2.45, 2.75) is 20.4 Å². The Labute approximate surface area is 108 Å². The number of nitrogens with two attached hydrogens (primary N) is 1. The van der Waals surface area contributed by atoms with Gasteiger partial charge in [0.15, 0.2) is 0 Å². The molecular formula is C16H18N2. The molecule has 0 amide bonds. The van der Waals surface area contributed by atoms with Crippen molar-refractivity contribution in [3.05, 3.63) is 64.7 Å². The summed E-state index contributed by atoms with van der Waals surface area (Å²) in [6.45, 7) is 4.69. The van der Waals surface area contributed by atoms with Crippen LogP contribution in [0.1, 0.15) is 22.3 Å². The van der Waals surface area contributed by atoms with E-state index >= 15 is 0 Å². The number of benzene rings is 2. The van der Waals surface area contributed by atoms with E-state index < -0.39 is 0 Å². The Morgan fingerprint density at radius 2 is 1.67 bits per heavy atom. The van der Waals surface area contributed by atoms with Crippen molar-refractivity contribution in [3.8, 4) is 0 Å². The summed E-state index contributed by atoms with van der Waals surface area (Å²) in [6.07, 6.45) is 1.90. The first kappa shape index (κ1) is 12.5. The zero-order valence-electron chi connectivity index (χ0n) is 10.9. The van der Waals surface area contributed by atoms with E-state index in [1.54, 1.807) is 0 Å². The van der Waals surface area contributed by atoms with E-state index in [9.17, 15) is 0 Å². The Morgan fingerprint density at radius 3 is 2.33 bits per heavy atom. The first-order chi connectivity index (χ1) is 8.72. The lowest BCUT2D eigenvalue weighted by Gasteiger charge is -2.05. The number of aryl methyl sites for hydroxylation is 2. The van der Waals surface area contributed by atoms with Crippen LogP contribution in [0.5, 0.6) is 0 Å². The fraction of sp³-hybridized carbons (Fsp3) is 0.188. The lowest BCUT2D eigenvalue weighted by Crippen LogP contribution is -2.00. The van der Waals surface area contributed by atoms with Gasteiger partial charge in [-0.15, -0.1) is 0 Å². The van der Waals surface area contributed by atoms with E-state index in [1.165, 1.54) is 11.1 Å². The molecule has 2 aromatic rings. The molecule has 0 fully saturated rings. The molecule has 0 atom stereocenters. The van der Waals surface area contributed by atoms with Crippen molar-refractivity contribution in [1.82, 2.24) is 0 Å². The SMILES string of the molecule is Cc1cccc(C)c1N=Cc1ccccc1CN. The van der Waals surface area contributed by atoms with E-state index in [1.807, 2.05) is 30.5 Å². The summed E-state index contributed by atoms with van der Waals surface area (Å²) in [4.78, 5) is 4.60. The zero-order chi connectivity index (χ0) is 13.0. The van der Waals surface area contributed by atoms with Crippen LogP contribution in [-0.4, -0.2) is 6.21 Å². The highest BCUT2D eigenvalue weighted by molar-refractivity contribution is 5.84. The van der Waals surface area contributed by atoms with Crippen LogP contribution in [-0.2, 0) is 6.54 Å². The van der Waals surface area contributed by atoms with Gasteiger partial charge in [-0.1, -0.05) is 42.5 Å². The average molecular weight is 238 g/mol. The molecule has 0 aliphatic carbocycles. The summed E-state index contributed by atoms with van der Waals surface area (Å²) in [5, 5.41) is 0. The summed E-state index contributed by atoms with van der Waals surface area (Å²) in [7, 11) is 0. The second-order valence-corrected chi connectivity index (χ2v) is 4.40. The van der Waals surface area contributed by atoms with Crippen molar-refractivity contribution in [2.75, 3.05) is 0 Å². The quantitative estimate of drug-likeness (QED) is 0.816. The van der Waals surface area contributed by atoms with Crippen LogP contribution in [0.4, 0.5) is 5.69 Å². The van der Waals surface area contributed by atoms with Gasteiger partial charge < -0.3 is 5.73 Å². The van der Waals surface area contributed by atoms with Gasteiger partial charge in [-0.05, 0) is 36.1 Å². The number of rotatable bonds is 3. The Morgan fingerprint density at radius 1 is 1.00 bits per heavy atom. The predicted octanol–water partition coefficient (Wildman–Crippen LogP) is 3.51. The molecule has 0 saturated carbocycles. The van der Waals surface area contributed by atoms with Gasteiger partial charge in [0.25, 0.3) is 0 Å². The number of hydrogen-bond acceptors (Lipinski definition) is 2. The lowest BCUT2D eigenvalue weighted by molar-refractivity contribution is 1.07. The van der Waals surface area contributed by atoms with Crippen LogP contribution < -0.4 is 5.73 Å². The maximum Gasteiger partial charge on any atom is 0.0688 e. The molecule has 92 valence electrons. The highest BCUT2D eigenvalue weighted by Gasteiger charge is 2.00. The number of nitrogens with zero attached hydrogens (tertiary/aromatic N) is 1. The Kier molecular flexibility index (Phi) is 3.90. The van der Waals surface area contributed by atoms with Crippen LogP contribution in [0.15, 0.2) is 47.5 Å². The molecule has 0 saturated heterocycles. The molecule has 0 aromatic heterocycles. The first-order valence-corrected chi connectivity index (χ1v) is 6.10. The number of para-hydroxylation sites is 1. The summed E-state index contributed by atoms with van der Waals surface area (Å²) in [6, 6.07) is 14.3. The van der Waals surface area contributed by atoms with Gasteiger partial charge in [-0.25, -0.2) is 0 Å². The van der Waals surface area contributed by atoms with Crippen LogP contribution in [0.25, 0.3) is 0 Å². The second kappa shape index (κ2) is 5.61. The minimum atomic E-state index is 0.537. The maximum absolute atomic E-state index is 5.72. The van der Waals surface area contributed by atoms with Gasteiger partial charge in [0.1, 0.15) is 0 Å². The molecule has 0 aliphatic heterocycles. The molecule has 0 aliphatic rings. The highest BCUT2D eigenvalue weighted by Crippen LogP contribution is 2.23. The molecule has 2 N–H and O–H groups in total. The van der Waals surface area contributed by atoms with Gasteiger partial charge in [0.2, 0.25) is 0 Å². The van der Waals surface area contributed by atoms with Crippen molar-refractivity contribution in [2.24, 2.45) is 10.7 Å². The molecule has 18 heavy (non-hydrogen) atoms. The van der Waals surface area contributed by atoms with Crippen LogP contribution in [0.2, 0.25) is 0 Å². The zero-order valence-corrected chi connectivity index (χ0v) is 10.9. The molecular weight excluding hydrogens is 220 g/mol. The van der Waals surface area contributed by atoms with Crippen LogP contribution in [0.3, 0.4) is 0 Å². The van der Waals surface area contributed by atoms with Crippen molar-refractivity contribution < 1.29 is 0 Å². The first-order valence-electron chi connectivity index (χ1n) is 6.10. The Hall–Kier alpha value is -1.93. The minimum Gasteiger partial charge on any atom is -0.326 e. The van der Waals surface area contributed by atoms with Crippen molar-refractivity contribution in [3.63, 3.8) is 0 Å². The van der Waals surface area contributed by atoms with E-state index in [2.05, 4.69) is 37.0 Å². The molecule has 2 rings (SSSR count). The maximum atomic E-state index is 5.72. The third-order valence-electron chi connectivity index (χ3n) is 3.05. The van der Waals surface area contributed by atoms with Gasteiger partial charge in [-0.3, -0.25) is 4.99 Å². The molecule has 2 nitrogen and oxygen atoms in total. The van der Waals surface area contributed by atoms with Crippen molar-refractivity contribution in [1.29, 1.82) is 0 Å². The monoisotopic (exact) mass is 238 g/mol. The molecule has 2 aromatic carbocycles. The third-order valence-corrected chi connectivity index (χ3v) is 3.05. The largest absolute Gasteiger partial charge is 0.326 e. The molecule has 0 heterocycles. The van der Waals surface area contributed by atoms with E-state index in [0.29, 0.717) is 6.54 Å². The molecule has 0 radical (unpaired) electrons. The topological polar surface area (TPSA) is 38.4 Å². The van der Waals surface area contributed by atoms with Crippen molar-refractivity contribution >= 4 is 11.9 Å². The van der Waals surface area contributed by atoms with Gasteiger partial charge in [0.05, 0.1) is 5.69 Å². The van der Waals surface area contributed by atoms with E-state index in [-0.39, 0.29) is 0 Å². The summed E-state index contributed by atoms with van der Waals surface area (Å²) < 4.78 is 0. The third kappa shape index (κ3) is 2.66. The highest BCUT2D eigenvalue weighted by atomic mass is 14.7. The summed E-state index contributed by atoms with van der Waals surface area (Å²) in [5.41, 5.74) is 11.3. The summed E-state index contributed by atoms with van der Waals surface area (Å²) in [5.74, 6) is 0. The van der Waals surface area contributed by atoms with Gasteiger partial charge in [-0.2, -0.15) is 0 Å². The van der Waals surface area contributed by atoms with E-state index in [4.69, 9.17) is 5.73 Å². The van der Waals surface area contributed by atoms with Gasteiger partial charge in [0, 0.05) is 12.8 Å². The Bertz CT molecular complexity index is 551. The lowest BCUT2D eigenvalue weighted by atomic mass is 10.1. The second-order valence-electron chi connectivity index (χ2n) is 4.40. The molecule has 0 bridgehead atoms. The Balaban J connectivity index is 2.36. The fourth-order valence-corrected chi connectivity index (χ4v) is 1.99. The molecule has 0 spiro atoms. The van der Waals surface area contributed by atoms with Crippen LogP contribution in [0, 0.1) is 13.8 Å². The summed E-state index contributed by atoms with van der Waals surface area (Å²) >= 11 is 0.